The van der Waals surface area contributed by atoms with Crippen molar-refractivity contribution >= 4 is 5.84 Å². The van der Waals surface area contributed by atoms with Crippen LogP contribution in [0.2, 0.25) is 0 Å². The molecule has 2 N–H and O–H groups in total. The number of amidine groups is 1. The van der Waals surface area contributed by atoms with Crippen LogP contribution in [0.25, 0.3) is 44.5 Å². The van der Waals surface area contributed by atoms with Gasteiger partial charge < -0.3 is 4.90 Å². The minimum atomic E-state index is 0.0293. The number of hydrogen-bond acceptors (Lipinski definition) is 2. The molecule has 0 aromatic heterocycles. The lowest BCUT2D eigenvalue weighted by molar-refractivity contribution is 0.305. The number of rotatable bonds is 5. The van der Waals surface area contributed by atoms with Crippen LogP contribution in [0.3, 0.4) is 0 Å². The first-order chi connectivity index (χ1) is 18.6. The molecule has 1 atom stereocenters. The van der Waals surface area contributed by atoms with E-state index in [1.807, 2.05) is 14.0 Å². The fraction of sp³-hybridized carbons (Fsp3) is 0.114. The molecular formula is C35H31N3. The molecule has 0 saturated carbocycles. The Hall–Kier alpha value is -4.47. The standard InChI is InChI=1S/C35H31N3/c1-24(36)38-23-30-17-16-29(22-34(30)35(38)37-2)27-14-9-15-28(18-27)33-20-31(25-10-5-3-6-11-25)19-32(21-33)26-12-7-4-8-13-26/h3-22,35-37H,23H2,1-2H3. The van der Waals surface area contributed by atoms with Gasteiger partial charge in [0, 0.05) is 6.54 Å². The topological polar surface area (TPSA) is 39.1 Å². The second-order valence-electron chi connectivity index (χ2n) is 9.93. The summed E-state index contributed by atoms with van der Waals surface area (Å²) in [6, 6.07) is 43.6. The van der Waals surface area contributed by atoms with Crippen molar-refractivity contribution in [1.82, 2.24) is 10.2 Å². The number of nitrogens with zero attached hydrogens (tertiary/aromatic N) is 1. The van der Waals surface area contributed by atoms with Crippen LogP contribution in [-0.2, 0) is 6.54 Å². The maximum atomic E-state index is 8.19. The molecule has 38 heavy (non-hydrogen) atoms. The molecule has 1 aliphatic rings. The Morgan fingerprint density at radius 3 is 1.63 bits per heavy atom. The largest absolute Gasteiger partial charge is 0.337 e. The lowest BCUT2D eigenvalue weighted by Crippen LogP contribution is -2.34. The van der Waals surface area contributed by atoms with Gasteiger partial charge in [0.15, 0.2) is 0 Å². The molecule has 0 bridgehead atoms. The molecule has 3 nitrogen and oxygen atoms in total. The van der Waals surface area contributed by atoms with Crippen LogP contribution in [-0.4, -0.2) is 17.8 Å². The molecule has 3 heteroatoms. The third-order valence-electron chi connectivity index (χ3n) is 7.47. The molecule has 5 aromatic rings. The average Bonchev–Trinajstić information content (AvgIpc) is 3.36. The molecule has 6 rings (SSSR count). The molecule has 0 aliphatic carbocycles. The Balaban J connectivity index is 1.43. The summed E-state index contributed by atoms with van der Waals surface area (Å²) in [6.45, 7) is 2.62. The van der Waals surface area contributed by atoms with Crippen LogP contribution in [0.4, 0.5) is 0 Å². The van der Waals surface area contributed by atoms with E-state index in [0.29, 0.717) is 5.84 Å². The van der Waals surface area contributed by atoms with E-state index in [-0.39, 0.29) is 6.17 Å². The highest BCUT2D eigenvalue weighted by atomic mass is 15.3. The van der Waals surface area contributed by atoms with Crippen molar-refractivity contribution < 1.29 is 0 Å². The molecular weight excluding hydrogens is 462 g/mol. The molecule has 1 heterocycles. The van der Waals surface area contributed by atoms with E-state index in [2.05, 4.69) is 132 Å². The van der Waals surface area contributed by atoms with Crippen LogP contribution in [0, 0.1) is 5.41 Å². The predicted octanol–water partition coefficient (Wildman–Crippen LogP) is 8.39. The molecule has 0 amide bonds. The molecule has 1 aliphatic heterocycles. The van der Waals surface area contributed by atoms with Crippen molar-refractivity contribution in [3.05, 3.63) is 132 Å². The van der Waals surface area contributed by atoms with Gasteiger partial charge in [-0.15, -0.1) is 0 Å². The van der Waals surface area contributed by atoms with Gasteiger partial charge in [0.2, 0.25) is 0 Å². The fourth-order valence-electron chi connectivity index (χ4n) is 5.51. The van der Waals surface area contributed by atoms with E-state index in [1.54, 1.807) is 0 Å². The number of nitrogens with one attached hydrogen (secondary N) is 2. The van der Waals surface area contributed by atoms with Crippen molar-refractivity contribution in [2.24, 2.45) is 0 Å². The first kappa shape index (κ1) is 23.9. The summed E-state index contributed by atoms with van der Waals surface area (Å²) < 4.78 is 0. The summed E-state index contributed by atoms with van der Waals surface area (Å²) in [6.07, 6.45) is 0.0293. The van der Waals surface area contributed by atoms with Crippen LogP contribution in [0.5, 0.6) is 0 Å². The normalized spacial score (nSPS) is 14.4. The van der Waals surface area contributed by atoms with Crippen LogP contribution >= 0.6 is 0 Å². The Morgan fingerprint density at radius 2 is 1.08 bits per heavy atom. The maximum absolute atomic E-state index is 8.19. The summed E-state index contributed by atoms with van der Waals surface area (Å²) in [5, 5.41) is 11.6. The third-order valence-corrected chi connectivity index (χ3v) is 7.47. The van der Waals surface area contributed by atoms with Crippen molar-refractivity contribution in [2.75, 3.05) is 7.05 Å². The molecule has 0 radical (unpaired) electrons. The Morgan fingerprint density at radius 1 is 0.605 bits per heavy atom. The van der Waals surface area contributed by atoms with E-state index in [4.69, 9.17) is 5.41 Å². The molecule has 5 aromatic carbocycles. The van der Waals surface area contributed by atoms with E-state index < -0.39 is 0 Å². The average molecular weight is 494 g/mol. The predicted molar refractivity (Wildman–Crippen MR) is 159 cm³/mol. The summed E-state index contributed by atoms with van der Waals surface area (Å²) in [7, 11) is 1.97. The SMILES string of the molecule is CNC1c2cc(-c3cccc(-c4cc(-c5ccccc5)cc(-c5ccccc5)c4)c3)ccc2CN1C(C)=N. The first-order valence-electron chi connectivity index (χ1n) is 13.1. The molecule has 1 unspecified atom stereocenters. The van der Waals surface area contributed by atoms with Crippen molar-refractivity contribution in [3.8, 4) is 44.5 Å². The Kier molecular flexibility index (Phi) is 6.36. The molecule has 186 valence electrons. The molecule has 0 fully saturated rings. The second kappa shape index (κ2) is 10.1. The lowest BCUT2D eigenvalue weighted by Gasteiger charge is -2.25. The zero-order chi connectivity index (χ0) is 26.1. The molecule has 0 saturated heterocycles. The molecule has 0 spiro atoms. The summed E-state index contributed by atoms with van der Waals surface area (Å²) in [5.41, 5.74) is 12.2. The van der Waals surface area contributed by atoms with Crippen molar-refractivity contribution in [1.29, 1.82) is 5.41 Å². The van der Waals surface area contributed by atoms with E-state index in [9.17, 15) is 0 Å². The summed E-state index contributed by atoms with van der Waals surface area (Å²) in [4.78, 5) is 2.10. The summed E-state index contributed by atoms with van der Waals surface area (Å²) >= 11 is 0. The number of hydrogen-bond donors (Lipinski definition) is 2. The first-order valence-corrected chi connectivity index (χ1v) is 13.1. The van der Waals surface area contributed by atoms with Gasteiger partial charge >= 0.3 is 0 Å². The number of benzene rings is 5. The van der Waals surface area contributed by atoms with Crippen LogP contribution < -0.4 is 5.32 Å². The van der Waals surface area contributed by atoms with E-state index >= 15 is 0 Å². The second-order valence-corrected chi connectivity index (χ2v) is 9.93. The minimum absolute atomic E-state index is 0.0293. The van der Waals surface area contributed by atoms with Gasteiger partial charge in [-0.05, 0) is 99.9 Å². The van der Waals surface area contributed by atoms with Gasteiger partial charge in [-0.1, -0.05) is 91.0 Å². The van der Waals surface area contributed by atoms with Gasteiger partial charge in [-0.25, -0.2) is 0 Å². The Labute approximate surface area is 224 Å². The van der Waals surface area contributed by atoms with E-state index in [1.165, 1.54) is 55.6 Å². The highest BCUT2D eigenvalue weighted by molar-refractivity contribution is 5.83. The lowest BCUT2D eigenvalue weighted by atomic mass is 9.92. The monoisotopic (exact) mass is 493 g/mol. The smallest absolute Gasteiger partial charge is 0.107 e. The zero-order valence-corrected chi connectivity index (χ0v) is 21.8. The minimum Gasteiger partial charge on any atom is -0.337 e. The zero-order valence-electron chi connectivity index (χ0n) is 21.8. The van der Waals surface area contributed by atoms with Gasteiger partial charge in [0.25, 0.3) is 0 Å². The van der Waals surface area contributed by atoms with Gasteiger partial charge in [-0.2, -0.15) is 0 Å². The van der Waals surface area contributed by atoms with E-state index in [0.717, 1.165) is 6.54 Å². The highest BCUT2D eigenvalue weighted by Gasteiger charge is 2.29. The number of fused-ring (bicyclic) bond motifs is 1. The Bertz CT molecular complexity index is 1550. The van der Waals surface area contributed by atoms with Gasteiger partial charge in [-0.3, -0.25) is 10.7 Å². The van der Waals surface area contributed by atoms with Crippen molar-refractivity contribution in [2.45, 2.75) is 19.6 Å². The van der Waals surface area contributed by atoms with Gasteiger partial charge in [0.1, 0.15) is 6.17 Å². The quantitative estimate of drug-likeness (QED) is 0.191. The third kappa shape index (κ3) is 4.53. The fourth-order valence-corrected chi connectivity index (χ4v) is 5.51. The summed E-state index contributed by atoms with van der Waals surface area (Å²) in [5.74, 6) is 0.580. The maximum Gasteiger partial charge on any atom is 0.107 e. The highest BCUT2D eigenvalue weighted by Crippen LogP contribution is 2.37. The van der Waals surface area contributed by atoms with Crippen LogP contribution in [0.15, 0.2) is 121 Å². The van der Waals surface area contributed by atoms with Gasteiger partial charge in [0.05, 0.1) is 5.84 Å². The van der Waals surface area contributed by atoms with Crippen molar-refractivity contribution in [3.63, 3.8) is 0 Å². The van der Waals surface area contributed by atoms with Crippen LogP contribution in [0.1, 0.15) is 24.2 Å².